The van der Waals surface area contributed by atoms with E-state index >= 15 is 0 Å². The van der Waals surface area contributed by atoms with E-state index in [1.54, 1.807) is 0 Å². The first-order chi connectivity index (χ1) is 8.61. The van der Waals surface area contributed by atoms with Crippen molar-refractivity contribution in [3.63, 3.8) is 0 Å². The minimum absolute atomic E-state index is 0.419. The molecule has 0 aliphatic carbocycles. The van der Waals surface area contributed by atoms with Crippen LogP contribution in [0, 0.1) is 0 Å². The topological polar surface area (TPSA) is 42.9 Å². The van der Waals surface area contributed by atoms with Gasteiger partial charge in [0.25, 0.3) is 0 Å². The molecule has 5 heteroatoms. The van der Waals surface area contributed by atoms with Crippen molar-refractivity contribution in [1.29, 1.82) is 0 Å². The van der Waals surface area contributed by atoms with Crippen LogP contribution >= 0.6 is 0 Å². The highest BCUT2D eigenvalue weighted by molar-refractivity contribution is 5.79. The Morgan fingerprint density at radius 3 is 2.67 bits per heavy atom. The number of nitrogens with one attached hydrogen (secondary N) is 2. The minimum Gasteiger partial charge on any atom is -0.355 e. The van der Waals surface area contributed by atoms with Crippen LogP contribution in [0.2, 0.25) is 0 Å². The van der Waals surface area contributed by atoms with Crippen molar-refractivity contribution in [2.45, 2.75) is 26.3 Å². The van der Waals surface area contributed by atoms with Gasteiger partial charge in [0, 0.05) is 39.3 Å². The Hall–Kier alpha value is -0.810. The number of aliphatic imine (C=N–C) groups is 1. The molecule has 0 atom stereocenters. The Bertz CT molecular complexity index is 252. The van der Waals surface area contributed by atoms with Crippen molar-refractivity contribution < 1.29 is 0 Å². The van der Waals surface area contributed by atoms with Crippen LogP contribution in [-0.2, 0) is 0 Å². The molecular weight excluding hydrogens is 226 g/mol. The van der Waals surface area contributed by atoms with E-state index in [0.717, 1.165) is 19.0 Å². The summed E-state index contributed by atoms with van der Waals surface area (Å²) in [6.45, 7) is 11.1. The van der Waals surface area contributed by atoms with E-state index in [9.17, 15) is 0 Å². The third-order valence-electron chi connectivity index (χ3n) is 3.18. The van der Waals surface area contributed by atoms with E-state index in [2.05, 4.69) is 46.3 Å². The third-order valence-corrected chi connectivity index (χ3v) is 3.18. The fraction of sp³-hybridized carbons (Fsp3) is 0.923. The van der Waals surface area contributed by atoms with Crippen molar-refractivity contribution in [1.82, 2.24) is 20.4 Å². The molecule has 0 spiro atoms. The Kier molecular flexibility index (Phi) is 7.05. The van der Waals surface area contributed by atoms with Crippen LogP contribution in [-0.4, -0.2) is 75.2 Å². The summed E-state index contributed by atoms with van der Waals surface area (Å²) in [5.74, 6) is 0.900. The van der Waals surface area contributed by atoms with Gasteiger partial charge in [-0.15, -0.1) is 0 Å². The molecule has 0 aromatic carbocycles. The lowest BCUT2D eigenvalue weighted by Gasteiger charge is -2.21. The standard InChI is InChI=1S/C13H29N5/c1-12(2)16-13(14-3)15-6-9-18-8-5-7-17(4)10-11-18/h12H,5-11H2,1-4H3,(H2,14,15,16). The molecule has 1 heterocycles. The first-order valence-corrected chi connectivity index (χ1v) is 7.00. The quantitative estimate of drug-likeness (QED) is 0.556. The number of hydrogen-bond donors (Lipinski definition) is 2. The lowest BCUT2D eigenvalue weighted by molar-refractivity contribution is 0.280. The largest absolute Gasteiger partial charge is 0.355 e. The van der Waals surface area contributed by atoms with E-state index in [1.165, 1.54) is 32.6 Å². The summed E-state index contributed by atoms with van der Waals surface area (Å²) in [6, 6.07) is 0.419. The molecule has 1 rings (SSSR count). The van der Waals surface area contributed by atoms with Gasteiger partial charge in [0.15, 0.2) is 5.96 Å². The molecule has 18 heavy (non-hydrogen) atoms. The van der Waals surface area contributed by atoms with Crippen molar-refractivity contribution in [2.75, 3.05) is 53.4 Å². The van der Waals surface area contributed by atoms with Gasteiger partial charge in [-0.25, -0.2) is 0 Å². The summed E-state index contributed by atoms with van der Waals surface area (Å²) in [6.07, 6.45) is 1.27. The molecule has 0 aromatic heterocycles. The SMILES string of the molecule is CN=C(NCCN1CCCN(C)CC1)NC(C)C. The van der Waals surface area contributed by atoms with Gasteiger partial charge in [0.05, 0.1) is 0 Å². The van der Waals surface area contributed by atoms with E-state index in [4.69, 9.17) is 0 Å². The summed E-state index contributed by atoms with van der Waals surface area (Å²) in [7, 11) is 4.02. The zero-order valence-electron chi connectivity index (χ0n) is 12.4. The van der Waals surface area contributed by atoms with Crippen LogP contribution < -0.4 is 10.6 Å². The first-order valence-electron chi connectivity index (χ1n) is 7.00. The molecule has 5 nitrogen and oxygen atoms in total. The van der Waals surface area contributed by atoms with Crippen LogP contribution in [0.3, 0.4) is 0 Å². The van der Waals surface area contributed by atoms with Gasteiger partial charge in [0.1, 0.15) is 0 Å². The molecule has 1 aliphatic heterocycles. The minimum atomic E-state index is 0.419. The van der Waals surface area contributed by atoms with Crippen molar-refractivity contribution in [3.8, 4) is 0 Å². The summed E-state index contributed by atoms with van der Waals surface area (Å²) in [5, 5.41) is 6.66. The Balaban J connectivity index is 2.20. The van der Waals surface area contributed by atoms with Crippen LogP contribution in [0.15, 0.2) is 4.99 Å². The fourth-order valence-corrected chi connectivity index (χ4v) is 2.12. The van der Waals surface area contributed by atoms with Crippen molar-refractivity contribution >= 4 is 5.96 Å². The van der Waals surface area contributed by atoms with Gasteiger partial charge in [0.2, 0.25) is 0 Å². The molecule has 0 bridgehead atoms. The molecule has 1 saturated heterocycles. The maximum absolute atomic E-state index is 4.21. The van der Waals surface area contributed by atoms with E-state index < -0.39 is 0 Å². The van der Waals surface area contributed by atoms with E-state index in [0.29, 0.717) is 6.04 Å². The third kappa shape index (κ3) is 6.21. The number of guanidine groups is 1. The first kappa shape index (κ1) is 15.2. The fourth-order valence-electron chi connectivity index (χ4n) is 2.12. The van der Waals surface area contributed by atoms with Gasteiger partial charge in [-0.05, 0) is 40.4 Å². The van der Waals surface area contributed by atoms with E-state index in [1.807, 2.05) is 7.05 Å². The predicted octanol–water partition coefficient (Wildman–Crippen LogP) is 0.197. The number of rotatable bonds is 4. The summed E-state index contributed by atoms with van der Waals surface area (Å²) in [4.78, 5) is 9.15. The monoisotopic (exact) mass is 255 g/mol. The Labute approximate surface area is 112 Å². The maximum atomic E-state index is 4.21. The zero-order valence-corrected chi connectivity index (χ0v) is 12.4. The zero-order chi connectivity index (χ0) is 13.4. The van der Waals surface area contributed by atoms with Crippen molar-refractivity contribution in [2.24, 2.45) is 4.99 Å². The highest BCUT2D eigenvalue weighted by Gasteiger charge is 2.11. The van der Waals surface area contributed by atoms with Gasteiger partial charge in [-0.3, -0.25) is 4.99 Å². The van der Waals surface area contributed by atoms with Crippen LogP contribution in [0.1, 0.15) is 20.3 Å². The lowest BCUT2D eigenvalue weighted by atomic mass is 10.4. The molecule has 1 aliphatic rings. The molecule has 0 saturated carbocycles. The van der Waals surface area contributed by atoms with Crippen LogP contribution in [0.4, 0.5) is 0 Å². The van der Waals surface area contributed by atoms with Crippen molar-refractivity contribution in [3.05, 3.63) is 0 Å². The summed E-state index contributed by atoms with van der Waals surface area (Å²) >= 11 is 0. The lowest BCUT2D eigenvalue weighted by Crippen LogP contribution is -2.44. The number of hydrogen-bond acceptors (Lipinski definition) is 3. The average Bonchev–Trinajstić information content (AvgIpc) is 2.52. The molecule has 0 aromatic rings. The Morgan fingerprint density at radius 2 is 2.00 bits per heavy atom. The molecule has 0 radical (unpaired) electrons. The highest BCUT2D eigenvalue weighted by Crippen LogP contribution is 1.99. The summed E-state index contributed by atoms with van der Waals surface area (Å²) in [5.41, 5.74) is 0. The molecule has 1 fully saturated rings. The van der Waals surface area contributed by atoms with Gasteiger partial charge in [-0.2, -0.15) is 0 Å². The summed E-state index contributed by atoms with van der Waals surface area (Å²) < 4.78 is 0. The second-order valence-electron chi connectivity index (χ2n) is 5.30. The van der Waals surface area contributed by atoms with Crippen LogP contribution in [0.5, 0.6) is 0 Å². The normalized spacial score (nSPS) is 19.9. The second-order valence-corrected chi connectivity index (χ2v) is 5.30. The molecular formula is C13H29N5. The molecule has 0 unspecified atom stereocenters. The van der Waals surface area contributed by atoms with Gasteiger partial charge >= 0.3 is 0 Å². The second kappa shape index (κ2) is 8.32. The maximum Gasteiger partial charge on any atom is 0.191 e. The smallest absolute Gasteiger partial charge is 0.191 e. The van der Waals surface area contributed by atoms with Gasteiger partial charge < -0.3 is 20.4 Å². The number of nitrogens with zero attached hydrogens (tertiary/aromatic N) is 3. The average molecular weight is 255 g/mol. The highest BCUT2D eigenvalue weighted by atomic mass is 15.2. The number of likely N-dealkylation sites (N-methyl/N-ethyl adjacent to an activating group) is 1. The molecule has 0 amide bonds. The van der Waals surface area contributed by atoms with E-state index in [-0.39, 0.29) is 0 Å². The molecule has 2 N–H and O–H groups in total. The predicted molar refractivity (Wildman–Crippen MR) is 78.2 cm³/mol. The molecule has 106 valence electrons. The van der Waals surface area contributed by atoms with Crippen LogP contribution in [0.25, 0.3) is 0 Å². The Morgan fingerprint density at radius 1 is 1.22 bits per heavy atom. The van der Waals surface area contributed by atoms with Gasteiger partial charge in [-0.1, -0.05) is 0 Å².